The average Bonchev–Trinajstić information content (AvgIpc) is 3.21. The standard InChI is InChI=1S/C16H18N8/c1-18-14-13(10-4-3-5-19-6-10)22-16-12(8-21-24(16)15(14)17)11-7-20-23(2)9-11/h7-10,19H,3-6,17H2,2H3. The molecule has 8 heteroatoms. The van der Waals surface area contributed by atoms with Crippen LogP contribution in [0.25, 0.3) is 21.6 Å². The van der Waals surface area contributed by atoms with Gasteiger partial charge in [0.2, 0.25) is 5.69 Å². The lowest BCUT2D eigenvalue weighted by Gasteiger charge is -2.23. The van der Waals surface area contributed by atoms with E-state index in [0.717, 1.165) is 42.8 Å². The van der Waals surface area contributed by atoms with Crippen molar-refractivity contribution in [1.29, 1.82) is 0 Å². The number of nitrogens with two attached hydrogens (primary N) is 1. The summed E-state index contributed by atoms with van der Waals surface area (Å²) in [7, 11) is 1.87. The van der Waals surface area contributed by atoms with Gasteiger partial charge in [-0.25, -0.2) is 14.3 Å². The van der Waals surface area contributed by atoms with E-state index in [-0.39, 0.29) is 5.92 Å². The van der Waals surface area contributed by atoms with Gasteiger partial charge in [0.25, 0.3) is 0 Å². The molecule has 1 aliphatic heterocycles. The van der Waals surface area contributed by atoms with E-state index in [1.165, 1.54) is 0 Å². The summed E-state index contributed by atoms with van der Waals surface area (Å²) in [4.78, 5) is 8.44. The first-order valence-corrected chi connectivity index (χ1v) is 7.93. The quantitative estimate of drug-likeness (QED) is 0.701. The highest BCUT2D eigenvalue weighted by Gasteiger charge is 2.25. The highest BCUT2D eigenvalue weighted by atomic mass is 15.3. The van der Waals surface area contributed by atoms with Gasteiger partial charge in [0, 0.05) is 36.8 Å². The Bertz CT molecular complexity index is 939. The number of nitrogens with zero attached hydrogens (tertiary/aromatic N) is 6. The van der Waals surface area contributed by atoms with Gasteiger partial charge in [-0.15, -0.1) is 0 Å². The highest BCUT2D eigenvalue weighted by Crippen LogP contribution is 2.36. The second-order valence-electron chi connectivity index (χ2n) is 6.08. The number of anilines is 1. The molecule has 0 bridgehead atoms. The van der Waals surface area contributed by atoms with E-state index < -0.39 is 0 Å². The first-order valence-electron chi connectivity index (χ1n) is 7.93. The van der Waals surface area contributed by atoms with Crippen molar-refractivity contribution in [3.63, 3.8) is 0 Å². The van der Waals surface area contributed by atoms with Crippen LogP contribution in [0.1, 0.15) is 24.5 Å². The van der Waals surface area contributed by atoms with E-state index in [1.807, 2.05) is 13.2 Å². The predicted octanol–water partition coefficient (Wildman–Crippen LogP) is 1.73. The van der Waals surface area contributed by atoms with E-state index in [1.54, 1.807) is 21.6 Å². The van der Waals surface area contributed by atoms with Crippen molar-refractivity contribution in [2.45, 2.75) is 18.8 Å². The largest absolute Gasteiger partial charge is 0.392 e. The molecule has 0 amide bonds. The molecule has 0 spiro atoms. The number of nitrogen functional groups attached to an aromatic ring is 1. The highest BCUT2D eigenvalue weighted by molar-refractivity contribution is 5.81. The Morgan fingerprint density at radius 2 is 2.25 bits per heavy atom. The molecule has 3 N–H and O–H groups in total. The van der Waals surface area contributed by atoms with Gasteiger partial charge in [-0.2, -0.15) is 10.2 Å². The summed E-state index contributed by atoms with van der Waals surface area (Å²) in [5.74, 6) is 0.553. The number of hydrogen-bond acceptors (Lipinski definition) is 5. The average molecular weight is 322 g/mol. The number of fused-ring (bicyclic) bond motifs is 1. The fourth-order valence-corrected chi connectivity index (χ4v) is 3.27. The third kappa shape index (κ3) is 2.21. The van der Waals surface area contributed by atoms with Crippen molar-refractivity contribution in [3.8, 4) is 11.1 Å². The van der Waals surface area contributed by atoms with Crippen molar-refractivity contribution in [1.82, 2.24) is 29.7 Å². The summed E-state index contributed by atoms with van der Waals surface area (Å²) in [5.41, 5.74) is 9.90. The maximum atomic E-state index is 7.52. The lowest BCUT2D eigenvalue weighted by Crippen LogP contribution is -2.29. The SMILES string of the molecule is [C-]#[N+]c1c(C2CCCNC2)nc2c(-c3cnn(C)c3)cnn2c1N. The minimum absolute atomic E-state index is 0.201. The Hall–Kier alpha value is -2.92. The van der Waals surface area contributed by atoms with Crippen molar-refractivity contribution in [3.05, 3.63) is 35.7 Å². The topological polar surface area (TPSA) is 90.4 Å². The maximum Gasteiger partial charge on any atom is 0.249 e. The molecule has 1 aliphatic rings. The zero-order valence-corrected chi connectivity index (χ0v) is 13.4. The van der Waals surface area contributed by atoms with Gasteiger partial charge in [-0.3, -0.25) is 4.68 Å². The van der Waals surface area contributed by atoms with Crippen LogP contribution in [0.4, 0.5) is 11.5 Å². The van der Waals surface area contributed by atoms with E-state index >= 15 is 0 Å². The molecule has 1 unspecified atom stereocenters. The fourth-order valence-electron chi connectivity index (χ4n) is 3.27. The number of nitrogens with one attached hydrogen (secondary N) is 1. The Morgan fingerprint density at radius 3 is 2.92 bits per heavy atom. The Balaban J connectivity index is 1.93. The zero-order valence-electron chi connectivity index (χ0n) is 13.4. The molecule has 0 aromatic carbocycles. The second-order valence-corrected chi connectivity index (χ2v) is 6.08. The minimum Gasteiger partial charge on any atom is -0.392 e. The third-order valence-electron chi connectivity index (χ3n) is 4.49. The summed E-state index contributed by atoms with van der Waals surface area (Å²) in [5, 5.41) is 11.9. The zero-order chi connectivity index (χ0) is 16.7. The van der Waals surface area contributed by atoms with Crippen LogP contribution in [-0.4, -0.2) is 37.5 Å². The third-order valence-corrected chi connectivity index (χ3v) is 4.49. The number of aromatic nitrogens is 5. The van der Waals surface area contributed by atoms with Gasteiger partial charge in [0.05, 0.1) is 24.7 Å². The number of piperidine rings is 1. The van der Waals surface area contributed by atoms with Gasteiger partial charge in [0.1, 0.15) is 5.82 Å². The van der Waals surface area contributed by atoms with Crippen molar-refractivity contribution in [2.24, 2.45) is 7.05 Å². The Labute approximate surface area is 139 Å². The van der Waals surface area contributed by atoms with Crippen LogP contribution in [0, 0.1) is 6.57 Å². The number of hydrogen-bond donors (Lipinski definition) is 2. The van der Waals surface area contributed by atoms with E-state index in [4.69, 9.17) is 17.3 Å². The summed E-state index contributed by atoms with van der Waals surface area (Å²) in [6.45, 7) is 9.35. The molecule has 0 radical (unpaired) electrons. The first-order chi connectivity index (χ1) is 11.7. The van der Waals surface area contributed by atoms with E-state index in [0.29, 0.717) is 17.2 Å². The normalized spacial score (nSPS) is 17.9. The lowest BCUT2D eigenvalue weighted by atomic mass is 9.94. The van der Waals surface area contributed by atoms with Crippen molar-refractivity contribution < 1.29 is 0 Å². The molecule has 4 heterocycles. The van der Waals surface area contributed by atoms with Crippen LogP contribution in [-0.2, 0) is 7.05 Å². The smallest absolute Gasteiger partial charge is 0.249 e. The molecule has 0 saturated carbocycles. The van der Waals surface area contributed by atoms with Gasteiger partial charge in [-0.1, -0.05) is 0 Å². The van der Waals surface area contributed by atoms with Gasteiger partial charge in [0.15, 0.2) is 5.65 Å². The molecule has 1 atom stereocenters. The minimum atomic E-state index is 0.201. The molecule has 3 aromatic rings. The monoisotopic (exact) mass is 322 g/mol. The van der Waals surface area contributed by atoms with Gasteiger partial charge < -0.3 is 11.1 Å². The molecule has 122 valence electrons. The van der Waals surface area contributed by atoms with Crippen LogP contribution in [0.2, 0.25) is 0 Å². The summed E-state index contributed by atoms with van der Waals surface area (Å²) >= 11 is 0. The molecule has 1 fully saturated rings. The molecule has 0 aliphatic carbocycles. The van der Waals surface area contributed by atoms with Crippen LogP contribution >= 0.6 is 0 Å². The summed E-state index contributed by atoms with van der Waals surface area (Å²) in [6, 6.07) is 0. The van der Waals surface area contributed by atoms with Gasteiger partial charge >= 0.3 is 0 Å². The Morgan fingerprint density at radius 1 is 1.38 bits per heavy atom. The number of aryl methyl sites for hydroxylation is 1. The molecule has 24 heavy (non-hydrogen) atoms. The second kappa shape index (κ2) is 5.62. The van der Waals surface area contributed by atoms with Crippen molar-refractivity contribution >= 4 is 17.2 Å². The summed E-state index contributed by atoms with van der Waals surface area (Å²) in [6.07, 6.45) is 7.50. The van der Waals surface area contributed by atoms with E-state index in [9.17, 15) is 0 Å². The molecule has 1 saturated heterocycles. The fraction of sp³-hybridized carbons (Fsp3) is 0.375. The van der Waals surface area contributed by atoms with Crippen molar-refractivity contribution in [2.75, 3.05) is 18.8 Å². The molecular weight excluding hydrogens is 304 g/mol. The van der Waals surface area contributed by atoms with E-state index in [2.05, 4.69) is 20.4 Å². The molecular formula is C16H18N8. The number of rotatable bonds is 2. The maximum absolute atomic E-state index is 7.52. The van der Waals surface area contributed by atoms with Crippen LogP contribution < -0.4 is 11.1 Å². The van der Waals surface area contributed by atoms with Crippen LogP contribution in [0.3, 0.4) is 0 Å². The van der Waals surface area contributed by atoms with Crippen LogP contribution in [0.5, 0.6) is 0 Å². The summed E-state index contributed by atoms with van der Waals surface area (Å²) < 4.78 is 3.29. The Kier molecular flexibility index (Phi) is 3.43. The van der Waals surface area contributed by atoms with Crippen LogP contribution in [0.15, 0.2) is 18.6 Å². The molecule has 8 nitrogen and oxygen atoms in total. The first kappa shape index (κ1) is 14.7. The predicted molar refractivity (Wildman–Crippen MR) is 90.7 cm³/mol. The molecule has 3 aromatic heterocycles. The molecule has 4 rings (SSSR count). The van der Waals surface area contributed by atoms with Gasteiger partial charge in [-0.05, 0) is 19.4 Å². The lowest BCUT2D eigenvalue weighted by molar-refractivity contribution is 0.456.